The molecule has 1 aromatic rings. The molecule has 2 heterocycles. The zero-order chi connectivity index (χ0) is 14.7. The number of hydrogen-bond donors (Lipinski definition) is 1. The van der Waals surface area contributed by atoms with Gasteiger partial charge in [-0.05, 0) is 30.5 Å². The Morgan fingerprint density at radius 3 is 2.48 bits per heavy atom. The second-order valence-corrected chi connectivity index (χ2v) is 6.11. The highest BCUT2D eigenvalue weighted by Gasteiger charge is 2.20. The minimum absolute atomic E-state index is 0.0619. The number of benzene rings is 1. The summed E-state index contributed by atoms with van der Waals surface area (Å²) in [6.07, 6.45) is 2.50. The Bertz CT molecular complexity index is 588. The minimum atomic E-state index is -0.0619. The van der Waals surface area contributed by atoms with E-state index >= 15 is 0 Å². The lowest BCUT2D eigenvalue weighted by molar-refractivity contribution is -0.114. The third-order valence-corrected chi connectivity index (χ3v) is 4.53. The molecule has 0 saturated carbocycles. The molecule has 1 fully saturated rings. The Kier molecular flexibility index (Phi) is 4.24. The standard InChI is InChI=1S/C15H18N4OS/c1-11(20)16-13-6-4-12(5-7-13)14-10-21-15(18-17-14)19-8-2-3-9-19/h4-7H,2-3,8-10H2,1H3,(H,16,20). The first-order valence-corrected chi connectivity index (χ1v) is 8.11. The highest BCUT2D eigenvalue weighted by molar-refractivity contribution is 8.14. The second kappa shape index (κ2) is 6.30. The number of carbonyl (C=O) groups excluding carboxylic acids is 1. The topological polar surface area (TPSA) is 57.1 Å². The van der Waals surface area contributed by atoms with E-state index in [1.165, 1.54) is 19.8 Å². The van der Waals surface area contributed by atoms with Gasteiger partial charge in [0.25, 0.3) is 0 Å². The molecule has 1 N–H and O–H groups in total. The monoisotopic (exact) mass is 302 g/mol. The van der Waals surface area contributed by atoms with Gasteiger partial charge in [0, 0.05) is 31.5 Å². The van der Waals surface area contributed by atoms with E-state index in [0.717, 1.165) is 41.0 Å². The Morgan fingerprint density at radius 1 is 1.19 bits per heavy atom. The zero-order valence-electron chi connectivity index (χ0n) is 12.0. The fourth-order valence-corrected chi connectivity index (χ4v) is 3.40. The van der Waals surface area contributed by atoms with Crippen LogP contribution in [0.5, 0.6) is 0 Å². The summed E-state index contributed by atoms with van der Waals surface area (Å²) in [6.45, 7) is 3.70. The molecule has 0 spiro atoms. The highest BCUT2D eigenvalue weighted by atomic mass is 32.2. The number of thioether (sulfide) groups is 1. The lowest BCUT2D eigenvalue weighted by Gasteiger charge is -2.21. The fraction of sp³-hybridized carbons (Fsp3) is 0.400. The number of nitrogens with one attached hydrogen (secondary N) is 1. The van der Waals surface area contributed by atoms with Gasteiger partial charge >= 0.3 is 0 Å². The van der Waals surface area contributed by atoms with E-state index in [9.17, 15) is 4.79 Å². The predicted octanol–water partition coefficient (Wildman–Crippen LogP) is 2.55. The van der Waals surface area contributed by atoms with Gasteiger partial charge in [-0.2, -0.15) is 5.10 Å². The number of likely N-dealkylation sites (tertiary alicyclic amines) is 1. The summed E-state index contributed by atoms with van der Waals surface area (Å²) in [5.41, 5.74) is 2.84. The van der Waals surface area contributed by atoms with Crippen LogP contribution in [0.3, 0.4) is 0 Å². The van der Waals surface area contributed by atoms with Crippen LogP contribution in [0, 0.1) is 0 Å². The third kappa shape index (κ3) is 3.44. The van der Waals surface area contributed by atoms with Crippen LogP contribution in [0.2, 0.25) is 0 Å². The Morgan fingerprint density at radius 2 is 1.90 bits per heavy atom. The number of rotatable bonds is 2. The van der Waals surface area contributed by atoms with E-state index in [4.69, 9.17) is 0 Å². The summed E-state index contributed by atoms with van der Waals surface area (Å²) >= 11 is 1.75. The smallest absolute Gasteiger partial charge is 0.221 e. The maximum atomic E-state index is 11.0. The lowest BCUT2D eigenvalue weighted by atomic mass is 10.1. The quantitative estimate of drug-likeness (QED) is 0.913. The van der Waals surface area contributed by atoms with Crippen molar-refractivity contribution in [2.24, 2.45) is 10.2 Å². The summed E-state index contributed by atoms with van der Waals surface area (Å²) in [6, 6.07) is 7.73. The number of carbonyl (C=O) groups is 1. The first-order valence-electron chi connectivity index (χ1n) is 7.13. The average Bonchev–Trinajstić information content (AvgIpc) is 3.02. The Balaban J connectivity index is 1.71. The van der Waals surface area contributed by atoms with Gasteiger partial charge in [-0.15, -0.1) is 5.10 Å². The van der Waals surface area contributed by atoms with E-state index in [1.807, 2.05) is 24.3 Å². The van der Waals surface area contributed by atoms with Gasteiger partial charge in [-0.1, -0.05) is 23.9 Å². The molecule has 0 bridgehead atoms. The fourth-order valence-electron chi connectivity index (χ4n) is 2.45. The molecule has 5 nitrogen and oxygen atoms in total. The van der Waals surface area contributed by atoms with Crippen molar-refractivity contribution < 1.29 is 4.79 Å². The largest absolute Gasteiger partial charge is 0.350 e. The van der Waals surface area contributed by atoms with Crippen LogP contribution in [0.25, 0.3) is 0 Å². The third-order valence-electron chi connectivity index (χ3n) is 3.51. The van der Waals surface area contributed by atoms with Crippen molar-refractivity contribution in [2.45, 2.75) is 19.8 Å². The number of nitrogens with zero attached hydrogens (tertiary/aromatic N) is 3. The van der Waals surface area contributed by atoms with Gasteiger partial charge in [0.2, 0.25) is 5.91 Å². The summed E-state index contributed by atoms with van der Waals surface area (Å²) < 4.78 is 0. The van der Waals surface area contributed by atoms with Crippen LogP contribution in [-0.2, 0) is 4.79 Å². The molecule has 1 aromatic carbocycles. The summed E-state index contributed by atoms with van der Waals surface area (Å²) in [4.78, 5) is 13.3. The van der Waals surface area contributed by atoms with Crippen molar-refractivity contribution in [3.05, 3.63) is 29.8 Å². The van der Waals surface area contributed by atoms with Crippen molar-refractivity contribution in [3.8, 4) is 0 Å². The molecule has 1 saturated heterocycles. The number of amidine groups is 1. The van der Waals surface area contributed by atoms with Crippen LogP contribution in [0.1, 0.15) is 25.3 Å². The molecule has 0 radical (unpaired) electrons. The first-order chi connectivity index (χ1) is 10.2. The van der Waals surface area contributed by atoms with Gasteiger partial charge in [-0.3, -0.25) is 4.79 Å². The SMILES string of the molecule is CC(=O)Nc1ccc(C2=NN=C(N3CCCC3)SC2)cc1. The molecule has 2 aliphatic rings. The molecular weight excluding hydrogens is 284 g/mol. The Hall–Kier alpha value is -1.82. The molecule has 110 valence electrons. The summed E-state index contributed by atoms with van der Waals surface area (Å²) in [7, 11) is 0. The van der Waals surface area contributed by atoms with Gasteiger partial charge in [0.15, 0.2) is 5.17 Å². The van der Waals surface area contributed by atoms with Crippen LogP contribution in [-0.4, -0.2) is 40.5 Å². The predicted molar refractivity (Wildman–Crippen MR) is 88.0 cm³/mol. The first kappa shape index (κ1) is 14.1. The molecule has 2 aliphatic heterocycles. The van der Waals surface area contributed by atoms with E-state index in [0.29, 0.717) is 0 Å². The molecule has 1 amide bonds. The van der Waals surface area contributed by atoms with Gasteiger partial charge in [0.1, 0.15) is 0 Å². The number of hydrogen-bond acceptors (Lipinski definition) is 5. The molecule has 0 aliphatic carbocycles. The molecule has 6 heteroatoms. The molecular formula is C15H18N4OS. The maximum Gasteiger partial charge on any atom is 0.221 e. The zero-order valence-corrected chi connectivity index (χ0v) is 12.8. The molecule has 0 unspecified atom stereocenters. The maximum absolute atomic E-state index is 11.0. The summed E-state index contributed by atoms with van der Waals surface area (Å²) in [5, 5.41) is 12.5. The molecule has 3 rings (SSSR count). The van der Waals surface area contributed by atoms with Crippen molar-refractivity contribution in [1.29, 1.82) is 0 Å². The minimum Gasteiger partial charge on any atom is -0.350 e. The van der Waals surface area contributed by atoms with E-state index in [-0.39, 0.29) is 5.91 Å². The van der Waals surface area contributed by atoms with Gasteiger partial charge < -0.3 is 10.2 Å². The van der Waals surface area contributed by atoms with E-state index < -0.39 is 0 Å². The molecule has 21 heavy (non-hydrogen) atoms. The van der Waals surface area contributed by atoms with Crippen LogP contribution < -0.4 is 5.32 Å². The van der Waals surface area contributed by atoms with Crippen molar-refractivity contribution in [2.75, 3.05) is 24.2 Å². The van der Waals surface area contributed by atoms with Gasteiger partial charge in [-0.25, -0.2) is 0 Å². The Labute approximate surface area is 128 Å². The van der Waals surface area contributed by atoms with Crippen LogP contribution >= 0.6 is 11.8 Å². The number of anilines is 1. The number of amides is 1. The van der Waals surface area contributed by atoms with Crippen molar-refractivity contribution in [3.63, 3.8) is 0 Å². The van der Waals surface area contributed by atoms with Crippen molar-refractivity contribution >= 4 is 34.2 Å². The lowest BCUT2D eigenvalue weighted by Crippen LogP contribution is -2.27. The van der Waals surface area contributed by atoms with E-state index in [1.54, 1.807) is 11.8 Å². The van der Waals surface area contributed by atoms with E-state index in [2.05, 4.69) is 20.4 Å². The molecule has 0 aromatic heterocycles. The second-order valence-electron chi connectivity index (χ2n) is 5.17. The molecule has 0 atom stereocenters. The highest BCUT2D eigenvalue weighted by Crippen LogP contribution is 2.22. The van der Waals surface area contributed by atoms with Gasteiger partial charge in [0.05, 0.1) is 5.71 Å². The van der Waals surface area contributed by atoms with Crippen LogP contribution in [0.15, 0.2) is 34.5 Å². The van der Waals surface area contributed by atoms with Crippen LogP contribution in [0.4, 0.5) is 5.69 Å². The van der Waals surface area contributed by atoms with Crippen molar-refractivity contribution in [1.82, 2.24) is 4.90 Å². The normalized spacial score (nSPS) is 18.2. The average molecular weight is 302 g/mol. The summed E-state index contributed by atoms with van der Waals surface area (Å²) in [5.74, 6) is 0.780.